The zero-order chi connectivity index (χ0) is 20.5. The molecule has 2 aromatic carbocycles. The molecular weight excluding hydrogens is 364 g/mol. The number of anilines is 1. The van der Waals surface area contributed by atoms with Gasteiger partial charge in [-0.2, -0.15) is 0 Å². The van der Waals surface area contributed by atoms with Gasteiger partial charge in [-0.05, 0) is 51.1 Å². The van der Waals surface area contributed by atoms with Crippen molar-refractivity contribution in [3.63, 3.8) is 0 Å². The van der Waals surface area contributed by atoms with E-state index in [9.17, 15) is 9.59 Å². The maximum Gasteiger partial charge on any atom is 0.224 e. The molecule has 1 N–H and O–H groups in total. The molecule has 4 rings (SSSR count). The Kier molecular flexibility index (Phi) is 4.97. The first-order chi connectivity index (χ1) is 14.0. The maximum absolute atomic E-state index is 12.4. The molecule has 4 aromatic rings. The van der Waals surface area contributed by atoms with Crippen molar-refractivity contribution in [2.24, 2.45) is 0 Å². The average Bonchev–Trinajstić information content (AvgIpc) is 3.24. The fraction of sp³-hybridized carbons (Fsp3) is 0.250. The first-order valence-corrected chi connectivity index (χ1v) is 9.89. The Balaban J connectivity index is 1.52. The third-order valence-electron chi connectivity index (χ3n) is 5.32. The van der Waals surface area contributed by atoms with Crippen LogP contribution in [0, 0.1) is 6.92 Å². The molecule has 0 aliphatic rings. The molecule has 1 amide bonds. The summed E-state index contributed by atoms with van der Waals surface area (Å²) in [5.74, 6) is 1.15. The van der Waals surface area contributed by atoms with E-state index in [-0.39, 0.29) is 11.7 Å². The van der Waals surface area contributed by atoms with Gasteiger partial charge in [-0.15, -0.1) is 0 Å². The Morgan fingerprint density at radius 3 is 2.52 bits per heavy atom. The number of aryl methyl sites for hydroxylation is 3. The Morgan fingerprint density at radius 2 is 1.79 bits per heavy atom. The molecule has 0 saturated carbocycles. The van der Waals surface area contributed by atoms with Crippen LogP contribution in [-0.2, 0) is 17.8 Å². The van der Waals surface area contributed by atoms with Crippen molar-refractivity contribution in [1.29, 1.82) is 0 Å². The first-order valence-electron chi connectivity index (χ1n) is 9.89. The highest BCUT2D eigenvalue weighted by atomic mass is 16.3. The second-order valence-corrected chi connectivity index (χ2v) is 7.28. The number of amides is 1. The summed E-state index contributed by atoms with van der Waals surface area (Å²) in [5.41, 5.74) is 3.72. The lowest BCUT2D eigenvalue weighted by atomic mass is 10.1. The van der Waals surface area contributed by atoms with Crippen molar-refractivity contribution >= 4 is 39.2 Å². The second kappa shape index (κ2) is 7.59. The molecule has 5 nitrogen and oxygen atoms in total. The highest BCUT2D eigenvalue weighted by molar-refractivity contribution is 6.09. The minimum absolute atomic E-state index is 0.0264. The lowest BCUT2D eigenvalue weighted by Gasteiger charge is -2.06. The van der Waals surface area contributed by atoms with E-state index in [1.165, 1.54) is 17.8 Å². The summed E-state index contributed by atoms with van der Waals surface area (Å²) in [7, 11) is 0. The SMILES string of the molecule is CCn1c2ccccc2c2cc(NC(=O)CCc3cc(C(C)=O)c(C)o3)ccc21. The molecule has 0 saturated heterocycles. The summed E-state index contributed by atoms with van der Waals surface area (Å²) >= 11 is 0. The number of hydrogen-bond acceptors (Lipinski definition) is 3. The van der Waals surface area contributed by atoms with E-state index in [4.69, 9.17) is 4.42 Å². The van der Waals surface area contributed by atoms with Gasteiger partial charge in [0.05, 0.1) is 5.56 Å². The summed E-state index contributed by atoms with van der Waals surface area (Å²) in [6, 6.07) is 16.1. The van der Waals surface area contributed by atoms with Crippen LogP contribution in [0.2, 0.25) is 0 Å². The molecule has 0 aliphatic carbocycles. The molecule has 0 bridgehead atoms. The van der Waals surface area contributed by atoms with E-state index < -0.39 is 0 Å². The number of carbonyl (C=O) groups excluding carboxylic acids is 2. The zero-order valence-corrected chi connectivity index (χ0v) is 16.9. The summed E-state index contributed by atoms with van der Waals surface area (Å²) in [5, 5.41) is 5.30. The summed E-state index contributed by atoms with van der Waals surface area (Å²) in [6.07, 6.45) is 0.746. The van der Waals surface area contributed by atoms with Crippen molar-refractivity contribution in [3.05, 3.63) is 65.6 Å². The molecule has 0 atom stereocenters. The molecule has 0 fully saturated rings. The lowest BCUT2D eigenvalue weighted by molar-refractivity contribution is -0.116. The molecule has 0 unspecified atom stereocenters. The van der Waals surface area contributed by atoms with Gasteiger partial charge < -0.3 is 14.3 Å². The summed E-state index contributed by atoms with van der Waals surface area (Å²) < 4.78 is 7.87. The van der Waals surface area contributed by atoms with E-state index in [0.29, 0.717) is 29.9 Å². The van der Waals surface area contributed by atoms with Crippen LogP contribution >= 0.6 is 0 Å². The fourth-order valence-electron chi connectivity index (χ4n) is 3.95. The van der Waals surface area contributed by atoms with Gasteiger partial charge in [-0.1, -0.05) is 18.2 Å². The van der Waals surface area contributed by atoms with Crippen LogP contribution in [0.25, 0.3) is 21.8 Å². The van der Waals surface area contributed by atoms with Crippen LogP contribution < -0.4 is 5.32 Å². The maximum atomic E-state index is 12.4. The van der Waals surface area contributed by atoms with Gasteiger partial charge in [0.2, 0.25) is 5.91 Å². The number of ketones is 1. The van der Waals surface area contributed by atoms with Gasteiger partial charge in [-0.25, -0.2) is 0 Å². The van der Waals surface area contributed by atoms with Crippen LogP contribution in [0.4, 0.5) is 5.69 Å². The molecule has 2 heterocycles. The number of nitrogens with one attached hydrogen (secondary N) is 1. The number of benzene rings is 2. The Hall–Kier alpha value is -3.34. The third kappa shape index (κ3) is 3.56. The number of furan rings is 1. The van der Waals surface area contributed by atoms with E-state index in [1.54, 1.807) is 13.0 Å². The summed E-state index contributed by atoms with van der Waals surface area (Å²) in [4.78, 5) is 24.0. The fourth-order valence-corrected chi connectivity index (χ4v) is 3.95. The third-order valence-corrected chi connectivity index (χ3v) is 5.32. The smallest absolute Gasteiger partial charge is 0.224 e. The van der Waals surface area contributed by atoms with Crippen molar-refractivity contribution in [2.75, 3.05) is 5.32 Å². The van der Waals surface area contributed by atoms with Gasteiger partial charge in [0.15, 0.2) is 5.78 Å². The van der Waals surface area contributed by atoms with E-state index in [0.717, 1.165) is 23.1 Å². The number of Topliss-reactive ketones (excluding diaryl/α,β-unsaturated/α-hetero) is 1. The molecule has 0 radical (unpaired) electrons. The van der Waals surface area contributed by atoms with Gasteiger partial charge in [-0.3, -0.25) is 9.59 Å². The number of hydrogen-bond donors (Lipinski definition) is 1. The lowest BCUT2D eigenvalue weighted by Crippen LogP contribution is -2.12. The van der Waals surface area contributed by atoms with Crippen LogP contribution in [0.5, 0.6) is 0 Å². The Morgan fingerprint density at radius 1 is 1.03 bits per heavy atom. The summed E-state index contributed by atoms with van der Waals surface area (Å²) in [6.45, 7) is 6.30. The largest absolute Gasteiger partial charge is 0.466 e. The van der Waals surface area contributed by atoms with Gasteiger partial charge in [0.1, 0.15) is 11.5 Å². The topological polar surface area (TPSA) is 64.2 Å². The van der Waals surface area contributed by atoms with E-state index >= 15 is 0 Å². The predicted molar refractivity (Wildman–Crippen MR) is 116 cm³/mol. The number of aromatic nitrogens is 1. The van der Waals surface area contributed by atoms with Crippen LogP contribution in [0.3, 0.4) is 0 Å². The van der Waals surface area contributed by atoms with Crippen molar-refractivity contribution in [3.8, 4) is 0 Å². The minimum Gasteiger partial charge on any atom is -0.466 e. The second-order valence-electron chi connectivity index (χ2n) is 7.28. The number of rotatable bonds is 6. The Bertz CT molecular complexity index is 1230. The normalized spacial score (nSPS) is 11.3. The van der Waals surface area contributed by atoms with Crippen molar-refractivity contribution in [2.45, 2.75) is 40.2 Å². The highest BCUT2D eigenvalue weighted by Crippen LogP contribution is 2.31. The monoisotopic (exact) mass is 388 g/mol. The minimum atomic E-state index is -0.0815. The predicted octanol–water partition coefficient (Wildman–Crippen LogP) is 5.49. The number of fused-ring (bicyclic) bond motifs is 3. The molecule has 0 aliphatic heterocycles. The molecule has 0 spiro atoms. The average molecular weight is 388 g/mol. The first kappa shape index (κ1) is 19.0. The van der Waals surface area contributed by atoms with Crippen LogP contribution in [0.15, 0.2) is 52.9 Å². The zero-order valence-electron chi connectivity index (χ0n) is 16.9. The molecule has 2 aromatic heterocycles. The van der Waals surface area contributed by atoms with Crippen LogP contribution in [0.1, 0.15) is 42.1 Å². The standard InChI is InChI=1S/C24H24N2O3/c1-4-26-22-8-6-5-7-19(22)21-13-17(9-11-23(21)26)25-24(28)12-10-18-14-20(15(2)27)16(3)29-18/h5-9,11,13-14H,4,10,12H2,1-3H3,(H,25,28). The molecule has 29 heavy (non-hydrogen) atoms. The quantitative estimate of drug-likeness (QED) is 0.444. The molecular formula is C24H24N2O3. The number of carbonyl (C=O) groups is 2. The van der Waals surface area contributed by atoms with Crippen molar-refractivity contribution in [1.82, 2.24) is 4.57 Å². The van der Waals surface area contributed by atoms with Gasteiger partial charge >= 0.3 is 0 Å². The van der Waals surface area contributed by atoms with Crippen molar-refractivity contribution < 1.29 is 14.0 Å². The number of nitrogens with zero attached hydrogens (tertiary/aromatic N) is 1. The van der Waals surface area contributed by atoms with Crippen LogP contribution in [-0.4, -0.2) is 16.3 Å². The van der Waals surface area contributed by atoms with E-state index in [1.807, 2.05) is 24.3 Å². The van der Waals surface area contributed by atoms with Gasteiger partial charge in [0, 0.05) is 46.9 Å². The number of para-hydroxylation sites is 1. The molecule has 148 valence electrons. The van der Waals surface area contributed by atoms with Gasteiger partial charge in [0.25, 0.3) is 0 Å². The molecule has 5 heteroatoms. The Labute approximate surface area is 169 Å². The van der Waals surface area contributed by atoms with E-state index in [2.05, 4.69) is 35.0 Å². The highest BCUT2D eigenvalue weighted by Gasteiger charge is 2.14.